The minimum absolute atomic E-state index is 0.0304. The zero-order chi connectivity index (χ0) is 31.7. The normalized spacial score (nSPS) is 32.6. The standard InChI is InChI=1S/C16H27N3O4.C11H19N3O6/c1-6-14-10(3)11(4)15(22-12(5)20)16(23-14)21-9-13-8-19(7-2)18-17-13;1-2-14-3-6(12-13-14)5-19-11-10(18)9(17)8(16)7(4-15)20-11/h8,10-11,14-16H,6-7,9H2,1-5H3;3,7-11,15-18H,2,4-5H2,1H3. The number of nitrogens with zero attached hydrogens (tertiary/aromatic N) is 6. The van der Waals surface area contributed by atoms with Crippen molar-refractivity contribution in [2.24, 2.45) is 11.8 Å². The molecule has 10 atom stereocenters. The second kappa shape index (κ2) is 16.5. The number of aliphatic hydroxyl groups excluding tert-OH is 4. The maximum Gasteiger partial charge on any atom is 0.303 e. The molecule has 2 aliphatic heterocycles. The van der Waals surface area contributed by atoms with Gasteiger partial charge in [-0.25, -0.2) is 0 Å². The molecule has 4 heterocycles. The van der Waals surface area contributed by atoms with Crippen LogP contribution in [0.3, 0.4) is 0 Å². The second-order valence-corrected chi connectivity index (χ2v) is 10.7. The SMILES string of the molecule is CCC1OC(OCc2cn(CC)nn2)C(OC(C)=O)C(C)C1C.CCn1cc(COC2OC(CO)C(O)C(O)C2O)nn1. The summed E-state index contributed by atoms with van der Waals surface area (Å²) in [6.07, 6.45) is -2.87. The molecular formula is C27H46N6O10. The van der Waals surface area contributed by atoms with Crippen molar-refractivity contribution in [1.82, 2.24) is 30.0 Å². The zero-order valence-corrected chi connectivity index (χ0v) is 25.6. The maximum absolute atomic E-state index is 11.4. The van der Waals surface area contributed by atoms with Crippen molar-refractivity contribution in [3.8, 4) is 0 Å². The fourth-order valence-electron chi connectivity index (χ4n) is 4.87. The van der Waals surface area contributed by atoms with Crippen LogP contribution < -0.4 is 0 Å². The number of ether oxygens (including phenoxy) is 5. The Morgan fingerprint density at radius 3 is 1.84 bits per heavy atom. The first-order valence-electron chi connectivity index (χ1n) is 14.7. The Kier molecular flexibility index (Phi) is 13.4. The molecule has 2 aromatic rings. The average molecular weight is 615 g/mol. The molecule has 16 nitrogen and oxygen atoms in total. The van der Waals surface area contributed by atoms with E-state index in [-0.39, 0.29) is 31.2 Å². The van der Waals surface area contributed by atoms with Crippen LogP contribution in [-0.2, 0) is 54.8 Å². The molecule has 0 radical (unpaired) electrons. The summed E-state index contributed by atoms with van der Waals surface area (Å²) in [5.41, 5.74) is 1.28. The Hall–Kier alpha value is -2.57. The van der Waals surface area contributed by atoms with Crippen molar-refractivity contribution >= 4 is 5.97 Å². The van der Waals surface area contributed by atoms with E-state index >= 15 is 0 Å². The highest BCUT2D eigenvalue weighted by atomic mass is 16.7. The summed E-state index contributed by atoms with van der Waals surface area (Å²) in [4.78, 5) is 11.4. The predicted molar refractivity (Wildman–Crippen MR) is 148 cm³/mol. The molecular weight excluding hydrogens is 568 g/mol. The van der Waals surface area contributed by atoms with E-state index < -0.39 is 49.7 Å². The fourth-order valence-corrected chi connectivity index (χ4v) is 4.87. The van der Waals surface area contributed by atoms with Crippen LogP contribution in [0.15, 0.2) is 12.4 Å². The molecule has 2 fully saturated rings. The molecule has 0 aliphatic carbocycles. The van der Waals surface area contributed by atoms with Crippen LogP contribution in [0.1, 0.15) is 59.4 Å². The van der Waals surface area contributed by atoms with Crippen LogP contribution in [0.4, 0.5) is 0 Å². The van der Waals surface area contributed by atoms with Gasteiger partial charge in [-0.05, 0) is 26.2 Å². The van der Waals surface area contributed by atoms with Gasteiger partial charge in [-0.15, -0.1) is 10.2 Å². The minimum atomic E-state index is -1.45. The van der Waals surface area contributed by atoms with Crippen molar-refractivity contribution in [2.45, 2.75) is 123 Å². The zero-order valence-electron chi connectivity index (χ0n) is 25.6. The van der Waals surface area contributed by atoms with Crippen molar-refractivity contribution in [3.63, 3.8) is 0 Å². The lowest BCUT2D eigenvalue weighted by Gasteiger charge is -2.43. The molecule has 16 heteroatoms. The highest BCUT2D eigenvalue weighted by molar-refractivity contribution is 5.66. The third kappa shape index (κ3) is 9.21. The first kappa shape index (κ1) is 34.9. The maximum atomic E-state index is 11.4. The van der Waals surface area contributed by atoms with Crippen molar-refractivity contribution < 1.29 is 48.9 Å². The smallest absolute Gasteiger partial charge is 0.303 e. The van der Waals surface area contributed by atoms with Gasteiger partial charge in [0, 0.05) is 25.9 Å². The highest BCUT2D eigenvalue weighted by Crippen LogP contribution is 2.35. The van der Waals surface area contributed by atoms with E-state index in [4.69, 9.17) is 28.8 Å². The number of hydrogen-bond acceptors (Lipinski definition) is 14. The van der Waals surface area contributed by atoms with Crippen LogP contribution in [0.25, 0.3) is 0 Å². The molecule has 0 saturated carbocycles. The van der Waals surface area contributed by atoms with Crippen LogP contribution >= 0.6 is 0 Å². The summed E-state index contributed by atoms with van der Waals surface area (Å²) >= 11 is 0. The molecule has 244 valence electrons. The van der Waals surface area contributed by atoms with Gasteiger partial charge in [-0.2, -0.15) is 0 Å². The summed E-state index contributed by atoms with van der Waals surface area (Å²) in [6, 6.07) is 0. The molecule has 4 N–H and O–H groups in total. The molecule has 2 saturated heterocycles. The summed E-state index contributed by atoms with van der Waals surface area (Å²) in [5, 5.41) is 53.8. The van der Waals surface area contributed by atoms with E-state index in [1.165, 1.54) is 6.92 Å². The van der Waals surface area contributed by atoms with Crippen LogP contribution in [-0.4, -0.2) is 112 Å². The van der Waals surface area contributed by atoms with E-state index in [0.29, 0.717) is 18.2 Å². The molecule has 10 unspecified atom stereocenters. The number of aryl methyl sites for hydroxylation is 2. The first-order chi connectivity index (χ1) is 20.5. The van der Waals surface area contributed by atoms with Gasteiger partial charge in [0.2, 0.25) is 0 Å². The van der Waals surface area contributed by atoms with Gasteiger partial charge < -0.3 is 44.1 Å². The van der Waals surface area contributed by atoms with Gasteiger partial charge in [0.05, 0.1) is 38.3 Å². The lowest BCUT2D eigenvalue weighted by molar-refractivity contribution is -0.304. The molecule has 2 aliphatic rings. The molecule has 4 rings (SSSR count). The van der Waals surface area contributed by atoms with E-state index in [1.54, 1.807) is 15.6 Å². The van der Waals surface area contributed by atoms with Gasteiger partial charge in [0.25, 0.3) is 0 Å². The fraction of sp³-hybridized carbons (Fsp3) is 0.815. The molecule has 0 amide bonds. The topological polar surface area (TPSA) is 206 Å². The Morgan fingerprint density at radius 1 is 0.837 bits per heavy atom. The molecule has 2 aromatic heterocycles. The van der Waals surface area contributed by atoms with Gasteiger partial charge in [0.15, 0.2) is 18.7 Å². The number of hydrogen-bond donors (Lipinski definition) is 4. The van der Waals surface area contributed by atoms with Crippen LogP contribution in [0, 0.1) is 11.8 Å². The van der Waals surface area contributed by atoms with Gasteiger partial charge in [0.1, 0.15) is 35.8 Å². The van der Waals surface area contributed by atoms with Crippen molar-refractivity contribution in [1.29, 1.82) is 0 Å². The highest BCUT2D eigenvalue weighted by Gasteiger charge is 2.45. The van der Waals surface area contributed by atoms with Crippen molar-refractivity contribution in [2.75, 3.05) is 6.61 Å². The third-order valence-electron chi connectivity index (χ3n) is 7.68. The van der Waals surface area contributed by atoms with Gasteiger partial charge >= 0.3 is 5.97 Å². The van der Waals surface area contributed by atoms with Crippen LogP contribution in [0.2, 0.25) is 0 Å². The second-order valence-electron chi connectivity index (χ2n) is 10.7. The van der Waals surface area contributed by atoms with E-state index in [2.05, 4.69) is 41.4 Å². The van der Waals surface area contributed by atoms with E-state index in [1.807, 2.05) is 20.0 Å². The Labute approximate surface area is 250 Å². The largest absolute Gasteiger partial charge is 0.457 e. The van der Waals surface area contributed by atoms with E-state index in [0.717, 1.165) is 18.7 Å². The van der Waals surface area contributed by atoms with Crippen molar-refractivity contribution in [3.05, 3.63) is 23.8 Å². The first-order valence-corrected chi connectivity index (χ1v) is 14.7. The average Bonchev–Trinajstić information content (AvgIpc) is 3.67. The number of rotatable bonds is 11. The third-order valence-corrected chi connectivity index (χ3v) is 7.68. The molecule has 0 spiro atoms. The Bertz CT molecular complexity index is 1120. The lowest BCUT2D eigenvalue weighted by atomic mass is 9.82. The quantitative estimate of drug-likeness (QED) is 0.241. The summed E-state index contributed by atoms with van der Waals surface area (Å²) in [6.45, 7) is 12.9. The summed E-state index contributed by atoms with van der Waals surface area (Å²) in [5.74, 6) is 0.136. The lowest BCUT2D eigenvalue weighted by Crippen LogP contribution is -2.59. The monoisotopic (exact) mass is 614 g/mol. The molecule has 43 heavy (non-hydrogen) atoms. The molecule has 0 bridgehead atoms. The van der Waals surface area contributed by atoms with Gasteiger partial charge in [-0.1, -0.05) is 31.2 Å². The number of carbonyl (C=O) groups is 1. The number of carbonyl (C=O) groups excluding carboxylic acids is 1. The Morgan fingerprint density at radius 2 is 1.37 bits per heavy atom. The molecule has 0 aromatic carbocycles. The van der Waals surface area contributed by atoms with E-state index in [9.17, 15) is 20.1 Å². The minimum Gasteiger partial charge on any atom is -0.457 e. The summed E-state index contributed by atoms with van der Waals surface area (Å²) < 4.78 is 31.2. The number of aromatic nitrogens is 6. The van der Waals surface area contributed by atoms with Gasteiger partial charge in [-0.3, -0.25) is 14.2 Å². The predicted octanol–water partition coefficient (Wildman–Crippen LogP) is -0.232. The number of aliphatic hydroxyl groups is 4. The number of esters is 1. The van der Waals surface area contributed by atoms with Crippen LogP contribution in [0.5, 0.6) is 0 Å². The Balaban J connectivity index is 0.000000238. The summed E-state index contributed by atoms with van der Waals surface area (Å²) in [7, 11) is 0.